The molecular formula is C8H5BrMg. The second kappa shape index (κ2) is 4.16. The summed E-state index contributed by atoms with van der Waals surface area (Å²) in [7, 11) is 0. The molecule has 0 heterocycles. The molecule has 0 atom stereocenters. The van der Waals surface area contributed by atoms with E-state index in [-0.39, 0.29) is 40.0 Å². The van der Waals surface area contributed by atoms with Crippen LogP contribution in [0.1, 0.15) is 11.1 Å². The first-order valence-corrected chi connectivity index (χ1v) is 2.65. The molecule has 1 aromatic carbocycles. The maximum atomic E-state index is 3.10. The third-order valence-corrected chi connectivity index (χ3v) is 1.35. The van der Waals surface area contributed by atoms with Gasteiger partial charge in [-0.05, 0) is 0 Å². The van der Waals surface area contributed by atoms with E-state index in [0.29, 0.717) is 0 Å². The van der Waals surface area contributed by atoms with Crippen LogP contribution in [0, 0.1) is 6.07 Å². The van der Waals surface area contributed by atoms with Crippen LogP contribution in [0.4, 0.5) is 0 Å². The van der Waals surface area contributed by atoms with Gasteiger partial charge < -0.3 is 17.0 Å². The Bertz CT molecular complexity index is 218. The summed E-state index contributed by atoms with van der Waals surface area (Å²) in [6.07, 6.45) is 4.15. The van der Waals surface area contributed by atoms with E-state index in [0.717, 1.165) is 0 Å². The second-order valence-corrected chi connectivity index (χ2v) is 1.87. The maximum absolute atomic E-state index is 3.10. The second-order valence-electron chi connectivity index (χ2n) is 1.87. The van der Waals surface area contributed by atoms with Crippen LogP contribution in [0.2, 0.25) is 0 Å². The minimum absolute atomic E-state index is 0. The van der Waals surface area contributed by atoms with Crippen molar-refractivity contribution < 1.29 is 17.0 Å². The molecule has 0 nitrogen and oxygen atoms in total. The van der Waals surface area contributed by atoms with Crippen LogP contribution >= 0.6 is 0 Å². The molecule has 10 heavy (non-hydrogen) atoms. The van der Waals surface area contributed by atoms with Crippen LogP contribution < -0.4 is 17.0 Å². The summed E-state index contributed by atoms with van der Waals surface area (Å²) >= 11 is 0. The Labute approximate surface area is 87.2 Å². The summed E-state index contributed by atoms with van der Waals surface area (Å²) in [5.41, 5.74) is 2.56. The number of fused-ring (bicyclic) bond motifs is 1. The summed E-state index contributed by atoms with van der Waals surface area (Å²) in [5, 5.41) is 0. The van der Waals surface area contributed by atoms with Gasteiger partial charge in [-0.15, -0.1) is 47.5 Å². The summed E-state index contributed by atoms with van der Waals surface area (Å²) in [4.78, 5) is 0. The summed E-state index contributed by atoms with van der Waals surface area (Å²) in [5.74, 6) is 0. The number of benzene rings is 1. The molecule has 1 aromatic rings. The van der Waals surface area contributed by atoms with Crippen LogP contribution in [0.15, 0.2) is 18.2 Å². The van der Waals surface area contributed by atoms with Crippen LogP contribution in [-0.4, -0.2) is 23.1 Å². The van der Waals surface area contributed by atoms with Gasteiger partial charge in [0.05, 0.1) is 0 Å². The molecule has 0 saturated carbocycles. The van der Waals surface area contributed by atoms with E-state index in [1.165, 1.54) is 11.1 Å². The summed E-state index contributed by atoms with van der Waals surface area (Å²) in [6, 6.07) is 9.12. The average Bonchev–Trinajstić information content (AvgIpc) is 1.72. The van der Waals surface area contributed by atoms with Gasteiger partial charge in [0.2, 0.25) is 0 Å². The van der Waals surface area contributed by atoms with Crippen LogP contribution in [0.3, 0.4) is 0 Å². The molecule has 0 aliphatic heterocycles. The van der Waals surface area contributed by atoms with E-state index >= 15 is 0 Å². The Morgan fingerprint density at radius 3 is 2.30 bits per heavy atom. The first-order valence-electron chi connectivity index (χ1n) is 2.65. The third kappa shape index (κ3) is 1.62. The van der Waals surface area contributed by atoms with Gasteiger partial charge in [0.25, 0.3) is 0 Å². The first-order chi connectivity index (χ1) is 3.97. The van der Waals surface area contributed by atoms with Gasteiger partial charge in [-0.25, -0.2) is 0 Å². The molecular weight excluding hydrogens is 200 g/mol. The number of hydrogen-bond acceptors (Lipinski definition) is 0. The molecule has 0 radical (unpaired) electrons. The Hall–Kier alpha value is 0.206. The van der Waals surface area contributed by atoms with Crippen molar-refractivity contribution in [3.05, 3.63) is 35.4 Å². The minimum atomic E-state index is 0. The van der Waals surface area contributed by atoms with Crippen molar-refractivity contribution in [3.8, 4) is 0 Å². The Balaban J connectivity index is 0.000000405. The van der Waals surface area contributed by atoms with Crippen molar-refractivity contribution in [2.45, 2.75) is 0 Å². The minimum Gasteiger partial charge on any atom is -1.00 e. The predicted octanol–water partition coefficient (Wildman–Crippen LogP) is -1.41. The van der Waals surface area contributed by atoms with Crippen molar-refractivity contribution in [2.24, 2.45) is 0 Å². The third-order valence-electron chi connectivity index (χ3n) is 1.35. The van der Waals surface area contributed by atoms with E-state index in [1.807, 2.05) is 12.1 Å². The van der Waals surface area contributed by atoms with Gasteiger partial charge in [0.15, 0.2) is 0 Å². The topological polar surface area (TPSA) is 0 Å². The molecule has 1 aliphatic carbocycles. The molecule has 0 saturated heterocycles. The molecule has 0 aromatic heterocycles. The number of rotatable bonds is 0. The van der Waals surface area contributed by atoms with Gasteiger partial charge in [-0.2, -0.15) is 0 Å². The van der Waals surface area contributed by atoms with Gasteiger partial charge in [-0.1, -0.05) is 0 Å². The smallest absolute Gasteiger partial charge is 1.00 e. The summed E-state index contributed by atoms with van der Waals surface area (Å²) in [6.45, 7) is 0. The van der Waals surface area contributed by atoms with E-state index in [1.54, 1.807) is 0 Å². The number of halogens is 1. The molecule has 0 fully saturated rings. The molecule has 0 N–H and O–H groups in total. The van der Waals surface area contributed by atoms with Crippen LogP contribution in [0.25, 0.3) is 12.2 Å². The zero-order chi connectivity index (χ0) is 5.40. The molecule has 0 bridgehead atoms. The Morgan fingerprint density at radius 2 is 2.00 bits per heavy atom. The molecule has 1 aliphatic rings. The van der Waals surface area contributed by atoms with Crippen LogP contribution in [0.5, 0.6) is 0 Å². The predicted molar refractivity (Wildman–Crippen MR) is 40.0 cm³/mol. The van der Waals surface area contributed by atoms with E-state index in [2.05, 4.69) is 24.3 Å². The molecule has 2 heteroatoms. The van der Waals surface area contributed by atoms with Crippen molar-refractivity contribution in [3.63, 3.8) is 0 Å². The molecule has 0 amide bonds. The molecule has 0 unspecified atom stereocenters. The van der Waals surface area contributed by atoms with Crippen molar-refractivity contribution in [1.82, 2.24) is 0 Å². The fraction of sp³-hybridized carbons (Fsp3) is 0. The van der Waals surface area contributed by atoms with E-state index < -0.39 is 0 Å². The number of hydrogen-bond donors (Lipinski definition) is 0. The van der Waals surface area contributed by atoms with Gasteiger partial charge in [0.1, 0.15) is 0 Å². The normalized spacial score (nSPS) is 10.0. The van der Waals surface area contributed by atoms with E-state index in [4.69, 9.17) is 0 Å². The van der Waals surface area contributed by atoms with Crippen molar-refractivity contribution in [2.75, 3.05) is 0 Å². The zero-order valence-electron chi connectivity index (χ0n) is 5.47. The Kier molecular flexibility index (Phi) is 4.25. The van der Waals surface area contributed by atoms with Crippen molar-refractivity contribution >= 4 is 35.2 Å². The Morgan fingerprint density at radius 1 is 1.20 bits per heavy atom. The first kappa shape index (κ1) is 10.2. The van der Waals surface area contributed by atoms with E-state index in [9.17, 15) is 0 Å². The molecule has 2 rings (SSSR count). The summed E-state index contributed by atoms with van der Waals surface area (Å²) < 4.78 is 0. The van der Waals surface area contributed by atoms with Crippen LogP contribution in [-0.2, 0) is 0 Å². The monoisotopic (exact) mass is 204 g/mol. The molecule has 46 valence electrons. The fourth-order valence-electron chi connectivity index (χ4n) is 0.829. The van der Waals surface area contributed by atoms with Gasteiger partial charge >= 0.3 is 23.1 Å². The maximum Gasteiger partial charge on any atom is 2.00 e. The molecule has 0 spiro atoms. The quantitative estimate of drug-likeness (QED) is 0.366. The van der Waals surface area contributed by atoms with Crippen molar-refractivity contribution in [1.29, 1.82) is 0 Å². The zero-order valence-corrected chi connectivity index (χ0v) is 8.47. The van der Waals surface area contributed by atoms with Gasteiger partial charge in [-0.3, -0.25) is 0 Å². The fourth-order valence-corrected chi connectivity index (χ4v) is 0.829. The average molecular weight is 205 g/mol. The largest absolute Gasteiger partial charge is 2.00 e. The SMILES string of the molecule is [Br-].[Mg+2].[c-]1cccc2c1C=C2. The van der Waals surface area contributed by atoms with Gasteiger partial charge in [0, 0.05) is 0 Å². The standard InChI is InChI=1S/C8H5.BrH.Mg/c1-2-4-8-6-5-7(8)3-1;;/h1-3,5-6H;1H;/q-1;;+2/p-1.